The van der Waals surface area contributed by atoms with Gasteiger partial charge in [0.1, 0.15) is 5.82 Å². The van der Waals surface area contributed by atoms with Crippen LogP contribution in [-0.4, -0.2) is 12.6 Å². The van der Waals surface area contributed by atoms with Gasteiger partial charge >= 0.3 is 5.97 Å². The zero-order chi connectivity index (χ0) is 18.4. The van der Waals surface area contributed by atoms with Crippen molar-refractivity contribution in [1.29, 1.82) is 0 Å². The van der Waals surface area contributed by atoms with Crippen LogP contribution in [-0.2, 0) is 16.0 Å². The topological polar surface area (TPSA) is 26.3 Å². The molecule has 0 radical (unpaired) electrons. The van der Waals surface area contributed by atoms with Crippen LogP contribution in [0.25, 0.3) is 0 Å². The van der Waals surface area contributed by atoms with Crippen molar-refractivity contribution in [2.24, 2.45) is 23.7 Å². The predicted molar refractivity (Wildman–Crippen MR) is 102 cm³/mol. The van der Waals surface area contributed by atoms with E-state index in [0.717, 1.165) is 36.2 Å². The molecule has 1 aromatic rings. The molecule has 2 nitrogen and oxygen atoms in total. The second-order valence-electron chi connectivity index (χ2n) is 8.34. The quantitative estimate of drug-likeness (QED) is 0.587. The molecule has 0 saturated heterocycles. The maximum Gasteiger partial charge on any atom is 0.308 e. The summed E-state index contributed by atoms with van der Waals surface area (Å²) >= 11 is 0. The van der Waals surface area contributed by atoms with Crippen molar-refractivity contribution >= 4 is 5.97 Å². The standard InChI is InChI=1S/C23H33FO2/c1-2-17-3-7-19(8-4-17)20-9-11-21(12-10-20)23(25)26-16-15-18-5-13-22(24)14-6-18/h5-6,13-14,17,19-21H,2-4,7-12,15-16H2,1H3. The van der Waals surface area contributed by atoms with Gasteiger partial charge in [0.15, 0.2) is 0 Å². The lowest BCUT2D eigenvalue weighted by Crippen LogP contribution is -2.29. The summed E-state index contributed by atoms with van der Waals surface area (Å²) in [4.78, 5) is 12.3. The minimum atomic E-state index is -0.231. The van der Waals surface area contributed by atoms with Crippen molar-refractivity contribution in [2.45, 2.75) is 71.1 Å². The van der Waals surface area contributed by atoms with Crippen molar-refractivity contribution < 1.29 is 13.9 Å². The molecule has 3 rings (SSSR count). The highest BCUT2D eigenvalue weighted by Gasteiger charge is 2.33. The first-order chi connectivity index (χ1) is 12.7. The summed E-state index contributed by atoms with van der Waals surface area (Å²) in [5, 5.41) is 0. The van der Waals surface area contributed by atoms with Crippen LogP contribution >= 0.6 is 0 Å². The minimum Gasteiger partial charge on any atom is -0.465 e. The van der Waals surface area contributed by atoms with Gasteiger partial charge in [0.2, 0.25) is 0 Å². The van der Waals surface area contributed by atoms with Gasteiger partial charge in [-0.25, -0.2) is 4.39 Å². The highest BCUT2D eigenvalue weighted by atomic mass is 19.1. The number of rotatable bonds is 6. The molecule has 0 aliphatic heterocycles. The van der Waals surface area contributed by atoms with Gasteiger partial charge in [-0.05, 0) is 74.0 Å². The Morgan fingerprint density at radius 3 is 2.12 bits per heavy atom. The predicted octanol–water partition coefficient (Wildman–Crippen LogP) is 5.93. The molecule has 0 amide bonds. The van der Waals surface area contributed by atoms with Gasteiger partial charge in [0.25, 0.3) is 0 Å². The molecule has 2 fully saturated rings. The van der Waals surface area contributed by atoms with E-state index in [1.165, 1.54) is 57.1 Å². The van der Waals surface area contributed by atoms with E-state index >= 15 is 0 Å². The van der Waals surface area contributed by atoms with Gasteiger partial charge in [0, 0.05) is 6.42 Å². The van der Waals surface area contributed by atoms with Crippen LogP contribution in [0.15, 0.2) is 24.3 Å². The van der Waals surface area contributed by atoms with Crippen molar-refractivity contribution in [1.82, 2.24) is 0 Å². The number of carbonyl (C=O) groups excluding carboxylic acids is 1. The Balaban J connectivity index is 1.35. The zero-order valence-electron chi connectivity index (χ0n) is 16.1. The van der Waals surface area contributed by atoms with E-state index in [9.17, 15) is 9.18 Å². The molecule has 0 unspecified atom stereocenters. The van der Waals surface area contributed by atoms with E-state index < -0.39 is 0 Å². The number of ether oxygens (including phenoxy) is 1. The van der Waals surface area contributed by atoms with Crippen LogP contribution in [0.2, 0.25) is 0 Å². The van der Waals surface area contributed by atoms with Crippen molar-refractivity contribution in [3.8, 4) is 0 Å². The summed E-state index contributed by atoms with van der Waals surface area (Å²) in [6, 6.07) is 6.40. The van der Waals surface area contributed by atoms with Gasteiger partial charge in [-0.2, -0.15) is 0 Å². The fourth-order valence-corrected chi connectivity index (χ4v) is 4.93. The van der Waals surface area contributed by atoms with Crippen LogP contribution in [0.3, 0.4) is 0 Å². The second kappa shape index (κ2) is 9.53. The Bertz CT molecular complexity index is 552. The van der Waals surface area contributed by atoms with Crippen LogP contribution in [0.1, 0.15) is 70.3 Å². The molecule has 2 aliphatic rings. The van der Waals surface area contributed by atoms with Crippen molar-refractivity contribution in [3.05, 3.63) is 35.6 Å². The number of hydrogen-bond acceptors (Lipinski definition) is 2. The Morgan fingerprint density at radius 1 is 0.962 bits per heavy atom. The van der Waals surface area contributed by atoms with Crippen molar-refractivity contribution in [3.63, 3.8) is 0 Å². The monoisotopic (exact) mass is 360 g/mol. The normalized spacial score (nSPS) is 29.3. The Hall–Kier alpha value is -1.38. The van der Waals surface area contributed by atoms with Gasteiger partial charge in [-0.15, -0.1) is 0 Å². The number of carbonyl (C=O) groups is 1. The zero-order valence-corrected chi connectivity index (χ0v) is 16.1. The van der Waals surface area contributed by atoms with Gasteiger partial charge < -0.3 is 4.74 Å². The molecule has 0 aromatic heterocycles. The van der Waals surface area contributed by atoms with Crippen LogP contribution in [0.4, 0.5) is 4.39 Å². The smallest absolute Gasteiger partial charge is 0.308 e. The first-order valence-corrected chi connectivity index (χ1v) is 10.6. The molecule has 0 bridgehead atoms. The lowest BCUT2D eigenvalue weighted by Gasteiger charge is -2.37. The number of hydrogen-bond donors (Lipinski definition) is 0. The molecular formula is C23H33FO2. The lowest BCUT2D eigenvalue weighted by atomic mass is 9.69. The van der Waals surface area contributed by atoms with Gasteiger partial charge in [-0.1, -0.05) is 38.3 Å². The molecule has 0 atom stereocenters. The molecule has 144 valence electrons. The van der Waals surface area contributed by atoms with Gasteiger partial charge in [-0.3, -0.25) is 4.79 Å². The molecule has 0 heterocycles. The molecule has 0 N–H and O–H groups in total. The van der Waals surface area contributed by atoms with Gasteiger partial charge in [0.05, 0.1) is 12.5 Å². The highest BCUT2D eigenvalue weighted by Crippen LogP contribution is 2.42. The van der Waals surface area contributed by atoms with E-state index in [4.69, 9.17) is 4.74 Å². The maximum atomic E-state index is 12.9. The molecule has 26 heavy (non-hydrogen) atoms. The second-order valence-corrected chi connectivity index (χ2v) is 8.34. The SMILES string of the molecule is CCC1CCC(C2CCC(C(=O)OCCc3ccc(F)cc3)CC2)CC1. The first-order valence-electron chi connectivity index (χ1n) is 10.6. The molecule has 0 spiro atoms. The van der Waals surface area contributed by atoms with Crippen molar-refractivity contribution in [2.75, 3.05) is 6.61 Å². The third-order valence-electron chi connectivity index (χ3n) is 6.79. The molecular weight excluding hydrogens is 327 g/mol. The van der Waals surface area contributed by atoms with E-state index in [1.807, 2.05) is 0 Å². The van der Waals surface area contributed by atoms with E-state index in [0.29, 0.717) is 13.0 Å². The third kappa shape index (κ3) is 5.31. The van der Waals surface area contributed by atoms with Crippen LogP contribution in [0, 0.1) is 29.5 Å². The summed E-state index contributed by atoms with van der Waals surface area (Å²) in [6.45, 7) is 2.71. The van der Waals surface area contributed by atoms with E-state index in [-0.39, 0.29) is 17.7 Å². The number of halogens is 1. The summed E-state index contributed by atoms with van der Waals surface area (Å²) < 4.78 is 18.4. The maximum absolute atomic E-state index is 12.9. The Kier molecular flexibility index (Phi) is 7.10. The Morgan fingerprint density at radius 2 is 1.54 bits per heavy atom. The number of benzene rings is 1. The fourth-order valence-electron chi connectivity index (χ4n) is 4.93. The molecule has 2 aliphatic carbocycles. The summed E-state index contributed by atoms with van der Waals surface area (Å²) in [7, 11) is 0. The summed E-state index contributed by atoms with van der Waals surface area (Å²) in [6.07, 6.45) is 12.0. The van der Waals surface area contributed by atoms with E-state index in [2.05, 4.69) is 6.92 Å². The first kappa shape index (κ1) is 19.4. The summed E-state index contributed by atoms with van der Waals surface area (Å²) in [5.74, 6) is 2.51. The Labute approximate surface area is 157 Å². The summed E-state index contributed by atoms with van der Waals surface area (Å²) in [5.41, 5.74) is 1.01. The van der Waals surface area contributed by atoms with Crippen LogP contribution in [0.5, 0.6) is 0 Å². The average Bonchev–Trinajstić information content (AvgIpc) is 2.69. The van der Waals surface area contributed by atoms with Crippen LogP contribution < -0.4 is 0 Å². The molecule has 2 saturated carbocycles. The minimum absolute atomic E-state index is 0.0275. The third-order valence-corrected chi connectivity index (χ3v) is 6.79. The fraction of sp³-hybridized carbons (Fsp3) is 0.696. The molecule has 3 heteroatoms. The average molecular weight is 361 g/mol. The lowest BCUT2D eigenvalue weighted by molar-refractivity contribution is -0.150. The largest absolute Gasteiger partial charge is 0.465 e. The van der Waals surface area contributed by atoms with E-state index in [1.54, 1.807) is 12.1 Å². The highest BCUT2D eigenvalue weighted by molar-refractivity contribution is 5.72. The molecule has 1 aromatic carbocycles. The number of esters is 1.